The molecule has 0 bridgehead atoms. The monoisotopic (exact) mass is 486 g/mol. The number of halogens is 2. The SMILES string of the molecule is COc1ccc(C(=O)N2CCN(C(=O)C(C(C)C)n3cnc4cc(F)c(F)cc43)CC2)cc1OC. The Kier molecular flexibility index (Phi) is 6.90. The highest BCUT2D eigenvalue weighted by molar-refractivity contribution is 5.95. The van der Waals surface area contributed by atoms with Gasteiger partial charge in [-0.1, -0.05) is 13.8 Å². The Morgan fingerprint density at radius 3 is 2.17 bits per heavy atom. The van der Waals surface area contributed by atoms with Crippen molar-refractivity contribution in [2.75, 3.05) is 40.4 Å². The number of fused-ring (bicyclic) bond motifs is 1. The summed E-state index contributed by atoms with van der Waals surface area (Å²) in [6.45, 7) is 5.24. The van der Waals surface area contributed by atoms with E-state index in [0.29, 0.717) is 48.8 Å². The molecule has 1 saturated heterocycles. The molecule has 0 radical (unpaired) electrons. The standard InChI is InChI=1S/C25H28F2N4O4/c1-15(2)23(31-14-28-19-12-17(26)18(27)13-20(19)31)25(33)30-9-7-29(8-10-30)24(32)16-5-6-21(34-3)22(11-16)35-4/h5-6,11-15,23H,7-10H2,1-4H3. The summed E-state index contributed by atoms with van der Waals surface area (Å²) in [4.78, 5) is 34.1. The van der Waals surface area contributed by atoms with Gasteiger partial charge in [-0.2, -0.15) is 0 Å². The van der Waals surface area contributed by atoms with Crippen LogP contribution >= 0.6 is 0 Å². The fraction of sp³-hybridized carbons (Fsp3) is 0.400. The summed E-state index contributed by atoms with van der Waals surface area (Å²) >= 11 is 0. The predicted molar refractivity (Wildman–Crippen MR) is 126 cm³/mol. The zero-order valence-corrected chi connectivity index (χ0v) is 20.1. The third-order valence-electron chi connectivity index (χ3n) is 6.31. The molecule has 186 valence electrons. The van der Waals surface area contributed by atoms with Crippen molar-refractivity contribution in [1.29, 1.82) is 0 Å². The third kappa shape index (κ3) is 4.65. The molecule has 2 amide bonds. The highest BCUT2D eigenvalue weighted by Crippen LogP contribution is 2.29. The lowest BCUT2D eigenvalue weighted by molar-refractivity contribution is -0.137. The molecule has 8 nitrogen and oxygen atoms in total. The van der Waals surface area contributed by atoms with E-state index < -0.39 is 17.7 Å². The Bertz CT molecular complexity index is 1250. The lowest BCUT2D eigenvalue weighted by Crippen LogP contribution is -2.52. The highest BCUT2D eigenvalue weighted by atomic mass is 19.2. The number of benzene rings is 2. The van der Waals surface area contributed by atoms with Crippen molar-refractivity contribution in [3.05, 3.63) is 53.9 Å². The van der Waals surface area contributed by atoms with Gasteiger partial charge in [0.2, 0.25) is 5.91 Å². The first-order valence-electron chi connectivity index (χ1n) is 11.4. The van der Waals surface area contributed by atoms with Gasteiger partial charge >= 0.3 is 0 Å². The number of aromatic nitrogens is 2. The molecule has 10 heteroatoms. The summed E-state index contributed by atoms with van der Waals surface area (Å²) in [5.74, 6) is -1.40. The number of hydrogen-bond donors (Lipinski definition) is 0. The maximum atomic E-state index is 13.9. The van der Waals surface area contributed by atoms with E-state index in [2.05, 4.69) is 4.98 Å². The molecule has 2 heterocycles. The van der Waals surface area contributed by atoms with Crippen molar-refractivity contribution < 1.29 is 27.8 Å². The summed E-state index contributed by atoms with van der Waals surface area (Å²) in [6.07, 6.45) is 1.45. The second kappa shape index (κ2) is 9.89. The molecule has 0 N–H and O–H groups in total. The molecule has 1 atom stereocenters. The first-order valence-corrected chi connectivity index (χ1v) is 11.4. The molecular weight excluding hydrogens is 458 g/mol. The Morgan fingerprint density at radius 1 is 0.914 bits per heavy atom. The van der Waals surface area contributed by atoms with E-state index in [-0.39, 0.29) is 23.2 Å². The van der Waals surface area contributed by atoms with Crippen LogP contribution in [0.4, 0.5) is 8.78 Å². The molecule has 1 aromatic heterocycles. The number of methoxy groups -OCH3 is 2. The Balaban J connectivity index is 1.49. The lowest BCUT2D eigenvalue weighted by atomic mass is 10.0. The molecule has 2 aromatic carbocycles. The van der Waals surface area contributed by atoms with Gasteiger partial charge in [0.25, 0.3) is 5.91 Å². The second-order valence-electron chi connectivity index (χ2n) is 8.78. The number of hydrogen-bond acceptors (Lipinski definition) is 5. The maximum Gasteiger partial charge on any atom is 0.254 e. The van der Waals surface area contributed by atoms with Crippen molar-refractivity contribution in [3.63, 3.8) is 0 Å². The van der Waals surface area contributed by atoms with Gasteiger partial charge in [0.1, 0.15) is 6.04 Å². The van der Waals surface area contributed by atoms with Crippen LogP contribution in [0.2, 0.25) is 0 Å². The Hall–Kier alpha value is -3.69. The zero-order chi connectivity index (χ0) is 25.3. The smallest absolute Gasteiger partial charge is 0.254 e. The van der Waals surface area contributed by atoms with E-state index in [1.54, 1.807) is 32.6 Å². The van der Waals surface area contributed by atoms with E-state index in [9.17, 15) is 18.4 Å². The quantitative estimate of drug-likeness (QED) is 0.533. The molecule has 1 aliphatic heterocycles. The Labute approximate surface area is 202 Å². The number of rotatable bonds is 6. The molecule has 35 heavy (non-hydrogen) atoms. The number of amides is 2. The van der Waals surface area contributed by atoms with Gasteiger partial charge in [-0.15, -0.1) is 0 Å². The van der Waals surface area contributed by atoms with Crippen LogP contribution in [0.5, 0.6) is 11.5 Å². The second-order valence-corrected chi connectivity index (χ2v) is 8.78. The fourth-order valence-corrected chi connectivity index (χ4v) is 4.44. The summed E-state index contributed by atoms with van der Waals surface area (Å²) in [5.41, 5.74) is 1.12. The average molecular weight is 487 g/mol. The van der Waals surface area contributed by atoms with Crippen LogP contribution < -0.4 is 9.47 Å². The zero-order valence-electron chi connectivity index (χ0n) is 20.1. The highest BCUT2D eigenvalue weighted by Gasteiger charge is 2.33. The molecule has 1 fully saturated rings. The number of imidazole rings is 1. The largest absolute Gasteiger partial charge is 0.493 e. The van der Waals surface area contributed by atoms with E-state index >= 15 is 0 Å². The number of nitrogens with zero attached hydrogens (tertiary/aromatic N) is 4. The molecule has 1 aliphatic rings. The normalized spacial score (nSPS) is 14.9. The van der Waals surface area contributed by atoms with Crippen LogP contribution in [0.1, 0.15) is 30.2 Å². The van der Waals surface area contributed by atoms with Gasteiger partial charge in [-0.05, 0) is 24.1 Å². The third-order valence-corrected chi connectivity index (χ3v) is 6.31. The van der Waals surface area contributed by atoms with Gasteiger partial charge in [0.05, 0.1) is 31.6 Å². The van der Waals surface area contributed by atoms with Gasteiger partial charge in [0.15, 0.2) is 23.1 Å². The van der Waals surface area contributed by atoms with Crippen molar-refractivity contribution in [1.82, 2.24) is 19.4 Å². The number of ether oxygens (including phenoxy) is 2. The molecule has 1 unspecified atom stereocenters. The molecule has 0 aliphatic carbocycles. The summed E-state index contributed by atoms with van der Waals surface area (Å²) in [7, 11) is 3.04. The topological polar surface area (TPSA) is 76.9 Å². The first-order chi connectivity index (χ1) is 16.7. The fourth-order valence-electron chi connectivity index (χ4n) is 4.44. The van der Waals surface area contributed by atoms with Crippen molar-refractivity contribution in [3.8, 4) is 11.5 Å². The molecule has 3 aromatic rings. The predicted octanol–water partition coefficient (Wildman–Crippen LogP) is 3.51. The van der Waals surface area contributed by atoms with Crippen LogP contribution in [-0.4, -0.2) is 71.6 Å². The molecular formula is C25H28F2N4O4. The molecule has 0 spiro atoms. The van der Waals surface area contributed by atoms with E-state index in [1.165, 1.54) is 20.5 Å². The first kappa shape index (κ1) is 24.4. The van der Waals surface area contributed by atoms with Gasteiger partial charge in [-0.3, -0.25) is 9.59 Å². The number of piperazine rings is 1. The maximum absolute atomic E-state index is 13.9. The van der Waals surface area contributed by atoms with Crippen LogP contribution in [-0.2, 0) is 4.79 Å². The van der Waals surface area contributed by atoms with Crippen molar-refractivity contribution in [2.24, 2.45) is 5.92 Å². The van der Waals surface area contributed by atoms with Crippen LogP contribution in [0.15, 0.2) is 36.7 Å². The van der Waals surface area contributed by atoms with Gasteiger partial charge in [-0.25, -0.2) is 13.8 Å². The molecule has 0 saturated carbocycles. The van der Waals surface area contributed by atoms with E-state index in [4.69, 9.17) is 9.47 Å². The summed E-state index contributed by atoms with van der Waals surface area (Å²) in [6, 6.07) is 6.46. The van der Waals surface area contributed by atoms with Crippen LogP contribution in [0.25, 0.3) is 11.0 Å². The van der Waals surface area contributed by atoms with Crippen molar-refractivity contribution in [2.45, 2.75) is 19.9 Å². The van der Waals surface area contributed by atoms with E-state index in [1.807, 2.05) is 13.8 Å². The number of carbonyl (C=O) groups excluding carboxylic acids is 2. The molecule has 4 rings (SSSR count). The van der Waals surface area contributed by atoms with Crippen LogP contribution in [0.3, 0.4) is 0 Å². The minimum atomic E-state index is -0.989. The van der Waals surface area contributed by atoms with Crippen LogP contribution in [0, 0.1) is 17.6 Å². The van der Waals surface area contributed by atoms with E-state index in [0.717, 1.165) is 12.1 Å². The number of carbonyl (C=O) groups is 2. The summed E-state index contributed by atoms with van der Waals surface area (Å²) in [5, 5.41) is 0. The summed E-state index contributed by atoms with van der Waals surface area (Å²) < 4.78 is 39.7. The van der Waals surface area contributed by atoms with Crippen molar-refractivity contribution >= 4 is 22.8 Å². The minimum absolute atomic E-state index is 0.126. The Morgan fingerprint density at radius 2 is 1.54 bits per heavy atom. The van der Waals surface area contributed by atoms with Gasteiger partial charge in [0, 0.05) is 43.9 Å². The average Bonchev–Trinajstić information content (AvgIpc) is 3.25. The minimum Gasteiger partial charge on any atom is -0.493 e. The lowest BCUT2D eigenvalue weighted by Gasteiger charge is -2.37. The van der Waals surface area contributed by atoms with Gasteiger partial charge < -0.3 is 23.8 Å².